The maximum Gasteiger partial charge on any atom is 0.124 e. The highest BCUT2D eigenvalue weighted by atomic mass is 79.9. The Morgan fingerprint density at radius 1 is 1.33 bits per heavy atom. The summed E-state index contributed by atoms with van der Waals surface area (Å²) in [4.78, 5) is 1.38. The van der Waals surface area contributed by atoms with Crippen molar-refractivity contribution in [1.29, 1.82) is 0 Å². The SMILES string of the molecule is CNC(Cc1cc(F)cc(Br)c1)C1Cc2ccccc2S1. The van der Waals surface area contributed by atoms with Crippen LogP contribution in [0.3, 0.4) is 0 Å². The molecule has 0 fully saturated rings. The van der Waals surface area contributed by atoms with E-state index >= 15 is 0 Å². The van der Waals surface area contributed by atoms with Gasteiger partial charge in [0, 0.05) is 20.7 Å². The van der Waals surface area contributed by atoms with Gasteiger partial charge in [-0.3, -0.25) is 0 Å². The van der Waals surface area contributed by atoms with Crippen LogP contribution >= 0.6 is 27.7 Å². The molecule has 0 amide bonds. The molecular weight excluding hydrogens is 349 g/mol. The minimum absolute atomic E-state index is 0.184. The Balaban J connectivity index is 1.75. The lowest BCUT2D eigenvalue weighted by Gasteiger charge is -2.22. The van der Waals surface area contributed by atoms with Crippen LogP contribution in [0.5, 0.6) is 0 Å². The normalized spacial score (nSPS) is 18.5. The molecule has 1 N–H and O–H groups in total. The van der Waals surface area contributed by atoms with Crippen LogP contribution in [0.15, 0.2) is 51.8 Å². The van der Waals surface area contributed by atoms with Crippen molar-refractivity contribution in [2.45, 2.75) is 29.0 Å². The highest BCUT2D eigenvalue weighted by molar-refractivity contribution is 9.10. The number of likely N-dealkylation sites (N-methyl/N-ethyl adjacent to an activating group) is 1. The summed E-state index contributed by atoms with van der Waals surface area (Å²) in [6.07, 6.45) is 1.90. The first-order valence-electron chi connectivity index (χ1n) is 7.02. The molecule has 4 heteroatoms. The Morgan fingerprint density at radius 2 is 2.14 bits per heavy atom. The molecule has 0 saturated heterocycles. The number of hydrogen-bond donors (Lipinski definition) is 1. The Bertz CT molecular complexity index is 601. The van der Waals surface area contributed by atoms with Gasteiger partial charge in [-0.25, -0.2) is 4.39 Å². The predicted octanol–water partition coefficient (Wildman–Crippen LogP) is 4.44. The molecule has 0 saturated carbocycles. The van der Waals surface area contributed by atoms with E-state index < -0.39 is 0 Å². The van der Waals surface area contributed by atoms with Crippen LogP contribution in [-0.4, -0.2) is 18.3 Å². The predicted molar refractivity (Wildman–Crippen MR) is 90.4 cm³/mol. The van der Waals surface area contributed by atoms with Crippen molar-refractivity contribution in [1.82, 2.24) is 5.32 Å². The fourth-order valence-corrected chi connectivity index (χ4v) is 4.79. The van der Waals surface area contributed by atoms with E-state index in [1.165, 1.54) is 16.5 Å². The number of thioether (sulfide) groups is 1. The monoisotopic (exact) mass is 365 g/mol. The lowest BCUT2D eigenvalue weighted by atomic mass is 9.99. The molecule has 0 aromatic heterocycles. The van der Waals surface area contributed by atoms with Crippen molar-refractivity contribution in [3.8, 4) is 0 Å². The third kappa shape index (κ3) is 3.50. The van der Waals surface area contributed by atoms with Crippen LogP contribution in [0.4, 0.5) is 4.39 Å². The second-order valence-electron chi connectivity index (χ2n) is 5.35. The van der Waals surface area contributed by atoms with E-state index in [0.29, 0.717) is 11.3 Å². The van der Waals surface area contributed by atoms with E-state index in [9.17, 15) is 4.39 Å². The van der Waals surface area contributed by atoms with E-state index in [1.54, 1.807) is 6.07 Å². The van der Waals surface area contributed by atoms with E-state index in [1.807, 2.05) is 24.9 Å². The van der Waals surface area contributed by atoms with Crippen LogP contribution < -0.4 is 5.32 Å². The molecule has 2 aromatic carbocycles. The zero-order valence-corrected chi connectivity index (χ0v) is 14.2. The highest BCUT2D eigenvalue weighted by Crippen LogP contribution is 2.39. The molecule has 3 rings (SSSR count). The third-order valence-electron chi connectivity index (χ3n) is 3.87. The molecule has 1 aliphatic heterocycles. The van der Waals surface area contributed by atoms with Crippen molar-refractivity contribution >= 4 is 27.7 Å². The molecule has 0 radical (unpaired) electrons. The molecule has 21 heavy (non-hydrogen) atoms. The van der Waals surface area contributed by atoms with Gasteiger partial charge in [-0.15, -0.1) is 11.8 Å². The number of halogens is 2. The smallest absolute Gasteiger partial charge is 0.124 e. The molecule has 1 nitrogen and oxygen atoms in total. The summed E-state index contributed by atoms with van der Waals surface area (Å²) in [5.41, 5.74) is 2.45. The number of nitrogens with one attached hydrogen (secondary N) is 1. The zero-order chi connectivity index (χ0) is 14.8. The average molecular weight is 366 g/mol. The largest absolute Gasteiger partial charge is 0.316 e. The molecule has 1 aliphatic rings. The van der Waals surface area contributed by atoms with Gasteiger partial charge in [-0.05, 0) is 55.3 Å². The molecule has 2 atom stereocenters. The van der Waals surface area contributed by atoms with Gasteiger partial charge in [0.25, 0.3) is 0 Å². The fourth-order valence-electron chi connectivity index (χ4n) is 2.84. The maximum atomic E-state index is 13.5. The van der Waals surface area contributed by atoms with Crippen LogP contribution in [0.25, 0.3) is 0 Å². The Labute approximate surface area is 137 Å². The van der Waals surface area contributed by atoms with Gasteiger partial charge >= 0.3 is 0 Å². The van der Waals surface area contributed by atoms with E-state index in [2.05, 4.69) is 45.5 Å². The number of benzene rings is 2. The van der Waals surface area contributed by atoms with E-state index in [-0.39, 0.29) is 5.82 Å². The quantitative estimate of drug-likeness (QED) is 0.859. The summed E-state index contributed by atoms with van der Waals surface area (Å²) in [6, 6.07) is 14.0. The number of rotatable bonds is 4. The molecule has 2 aromatic rings. The van der Waals surface area contributed by atoms with E-state index in [0.717, 1.165) is 22.9 Å². The van der Waals surface area contributed by atoms with Gasteiger partial charge in [-0.1, -0.05) is 34.1 Å². The fraction of sp³-hybridized carbons (Fsp3) is 0.294. The second kappa shape index (κ2) is 6.51. The van der Waals surface area contributed by atoms with Crippen molar-refractivity contribution < 1.29 is 4.39 Å². The lowest BCUT2D eigenvalue weighted by Crippen LogP contribution is -2.37. The van der Waals surface area contributed by atoms with Gasteiger partial charge in [-0.2, -0.15) is 0 Å². The molecule has 2 unspecified atom stereocenters. The molecule has 0 bridgehead atoms. The van der Waals surface area contributed by atoms with Crippen LogP contribution in [0.2, 0.25) is 0 Å². The summed E-state index contributed by atoms with van der Waals surface area (Å²) >= 11 is 5.29. The summed E-state index contributed by atoms with van der Waals surface area (Å²) < 4.78 is 14.3. The average Bonchev–Trinajstić information content (AvgIpc) is 2.87. The molecule has 110 valence electrons. The molecular formula is C17H17BrFNS. The van der Waals surface area contributed by atoms with Crippen LogP contribution in [0.1, 0.15) is 11.1 Å². The zero-order valence-electron chi connectivity index (χ0n) is 11.8. The van der Waals surface area contributed by atoms with Crippen molar-refractivity contribution in [2.24, 2.45) is 0 Å². The highest BCUT2D eigenvalue weighted by Gasteiger charge is 2.28. The van der Waals surface area contributed by atoms with E-state index in [4.69, 9.17) is 0 Å². The standard InChI is InChI=1S/C17H17BrFNS/c1-20-15(8-11-6-13(18)10-14(19)7-11)17-9-12-4-2-3-5-16(12)21-17/h2-7,10,15,17,20H,8-9H2,1H3. The first kappa shape index (κ1) is 15.1. The first-order valence-corrected chi connectivity index (χ1v) is 8.70. The number of hydrogen-bond acceptors (Lipinski definition) is 2. The Hall–Kier alpha value is -0.840. The lowest BCUT2D eigenvalue weighted by molar-refractivity contribution is 0.534. The molecule has 0 spiro atoms. The first-order chi connectivity index (χ1) is 10.2. The maximum absolute atomic E-state index is 13.5. The van der Waals surface area contributed by atoms with Gasteiger partial charge < -0.3 is 5.32 Å². The van der Waals surface area contributed by atoms with Gasteiger partial charge in [0.1, 0.15) is 5.82 Å². The number of fused-ring (bicyclic) bond motifs is 1. The van der Waals surface area contributed by atoms with Crippen molar-refractivity contribution in [3.05, 3.63) is 63.9 Å². The second-order valence-corrected chi connectivity index (χ2v) is 7.54. The Morgan fingerprint density at radius 3 is 2.86 bits per heavy atom. The third-order valence-corrected chi connectivity index (χ3v) is 5.78. The van der Waals surface area contributed by atoms with Crippen LogP contribution in [-0.2, 0) is 12.8 Å². The minimum atomic E-state index is -0.184. The molecule has 1 heterocycles. The van der Waals surface area contributed by atoms with Crippen molar-refractivity contribution in [3.63, 3.8) is 0 Å². The topological polar surface area (TPSA) is 12.0 Å². The summed E-state index contributed by atoms with van der Waals surface area (Å²) in [5, 5.41) is 3.90. The Kier molecular flexibility index (Phi) is 4.67. The summed E-state index contributed by atoms with van der Waals surface area (Å²) in [5.74, 6) is -0.184. The minimum Gasteiger partial charge on any atom is -0.316 e. The van der Waals surface area contributed by atoms with Crippen LogP contribution in [0, 0.1) is 5.82 Å². The van der Waals surface area contributed by atoms with Crippen molar-refractivity contribution in [2.75, 3.05) is 7.05 Å². The summed E-state index contributed by atoms with van der Waals surface area (Å²) in [6.45, 7) is 0. The van der Waals surface area contributed by atoms with Gasteiger partial charge in [0.2, 0.25) is 0 Å². The molecule has 0 aliphatic carbocycles. The van der Waals surface area contributed by atoms with Gasteiger partial charge in [0.15, 0.2) is 0 Å². The van der Waals surface area contributed by atoms with Gasteiger partial charge in [0.05, 0.1) is 0 Å². The summed E-state index contributed by atoms with van der Waals surface area (Å²) in [7, 11) is 1.99.